The van der Waals surface area contributed by atoms with Gasteiger partial charge >= 0.3 is 0 Å². The minimum Gasteiger partial charge on any atom is -0.373 e. The van der Waals surface area contributed by atoms with Crippen molar-refractivity contribution in [1.82, 2.24) is 9.64 Å². The molecule has 2 N–H and O–H groups in total. The minimum absolute atomic E-state index is 0.0704. The predicted molar refractivity (Wildman–Crippen MR) is 68.7 cm³/mol. The third kappa shape index (κ3) is 3.82. The molecule has 0 amide bonds. The molecule has 0 saturated carbocycles. The average Bonchev–Trinajstić information content (AvgIpc) is 2.57. The quantitative estimate of drug-likeness (QED) is 0.818. The molecule has 0 aliphatic rings. The monoisotopic (exact) mass is 255 g/mol. The van der Waals surface area contributed by atoms with Gasteiger partial charge in [-0.3, -0.25) is 14.5 Å². The zero-order valence-electron chi connectivity index (χ0n) is 11.4. The summed E-state index contributed by atoms with van der Waals surface area (Å²) >= 11 is 0. The number of nitrogens with zero attached hydrogens (tertiary/aromatic N) is 2. The third-order valence-electron chi connectivity index (χ3n) is 2.64. The number of carbonyl (C=O) groups excluding carboxylic acids is 1. The van der Waals surface area contributed by atoms with Crippen LogP contribution in [0.25, 0.3) is 0 Å². The van der Waals surface area contributed by atoms with Gasteiger partial charge in [-0.25, -0.2) is 0 Å². The molecular weight excluding hydrogens is 234 g/mol. The lowest BCUT2D eigenvalue weighted by atomic mass is 9.93. The van der Waals surface area contributed by atoms with Crippen molar-refractivity contribution >= 4 is 5.91 Å². The van der Waals surface area contributed by atoms with Crippen molar-refractivity contribution in [2.45, 2.75) is 20.8 Å². The molecule has 1 aromatic heterocycles. The number of likely N-dealkylation sites (N-methyl/N-ethyl adjacent to an activating group) is 1. The van der Waals surface area contributed by atoms with Gasteiger partial charge in [-0.15, -0.1) is 4.74 Å². The van der Waals surface area contributed by atoms with E-state index in [1.807, 2.05) is 25.8 Å². The molecule has 1 heterocycles. The highest BCUT2D eigenvalue weighted by molar-refractivity contribution is 5.79. The zero-order chi connectivity index (χ0) is 13.9. The summed E-state index contributed by atoms with van der Waals surface area (Å²) in [6.45, 7) is 7.01. The van der Waals surface area contributed by atoms with E-state index in [-0.39, 0.29) is 17.9 Å². The largest absolute Gasteiger partial charge is 0.373 e. The standard InChI is InChI=1S/C12H21N3O3/c1-9-5-10(16)15(18-9)11(17)6-14(4)8-12(2,3)7-13/h5H,6-8,13H2,1-4H3. The molecule has 0 unspecified atom stereocenters. The Balaban J connectivity index is 2.66. The van der Waals surface area contributed by atoms with Crippen LogP contribution in [0.1, 0.15) is 24.4 Å². The van der Waals surface area contributed by atoms with Gasteiger partial charge in [0, 0.05) is 12.6 Å². The number of nitrogens with two attached hydrogens (primary N) is 1. The van der Waals surface area contributed by atoms with Crippen LogP contribution in [0.5, 0.6) is 0 Å². The Hall–Kier alpha value is -1.40. The van der Waals surface area contributed by atoms with Crippen LogP contribution in [0.4, 0.5) is 0 Å². The summed E-state index contributed by atoms with van der Waals surface area (Å²) in [7, 11) is 1.82. The predicted octanol–water partition coefficient (Wildman–Crippen LogP) is 0.307. The Bertz CT molecular complexity index is 473. The maximum Gasteiger partial charge on any atom is 0.290 e. The molecule has 102 valence electrons. The van der Waals surface area contributed by atoms with Crippen molar-refractivity contribution in [3.8, 4) is 0 Å². The highest BCUT2D eigenvalue weighted by Gasteiger charge is 2.21. The summed E-state index contributed by atoms with van der Waals surface area (Å²) in [6.07, 6.45) is 0. The van der Waals surface area contributed by atoms with E-state index >= 15 is 0 Å². The van der Waals surface area contributed by atoms with Gasteiger partial charge in [0.15, 0.2) is 0 Å². The fraction of sp³-hybridized carbons (Fsp3) is 0.667. The van der Waals surface area contributed by atoms with Crippen LogP contribution >= 0.6 is 0 Å². The Morgan fingerprint density at radius 1 is 1.56 bits per heavy atom. The van der Waals surface area contributed by atoms with Gasteiger partial charge in [0.05, 0.1) is 6.54 Å². The van der Waals surface area contributed by atoms with Crippen LogP contribution in [0.2, 0.25) is 0 Å². The van der Waals surface area contributed by atoms with Gasteiger partial charge in [-0.1, -0.05) is 13.8 Å². The topological polar surface area (TPSA) is 81.5 Å². The number of aryl methyl sites for hydroxylation is 1. The molecular formula is C12H21N3O3. The molecule has 0 bridgehead atoms. The molecule has 0 aliphatic heterocycles. The molecule has 0 aliphatic carbocycles. The number of aromatic nitrogens is 1. The summed E-state index contributed by atoms with van der Waals surface area (Å²) in [5.74, 6) is 0.0571. The summed E-state index contributed by atoms with van der Waals surface area (Å²) in [6, 6.07) is 1.29. The lowest BCUT2D eigenvalue weighted by Crippen LogP contribution is -2.41. The first kappa shape index (κ1) is 14.7. The van der Waals surface area contributed by atoms with Crippen molar-refractivity contribution in [2.24, 2.45) is 11.1 Å². The second-order valence-electron chi connectivity index (χ2n) is 5.41. The average molecular weight is 255 g/mol. The normalized spacial score (nSPS) is 12.1. The molecule has 6 nitrogen and oxygen atoms in total. The van der Waals surface area contributed by atoms with Crippen LogP contribution in [0.15, 0.2) is 15.4 Å². The second-order valence-corrected chi connectivity index (χ2v) is 5.41. The maximum atomic E-state index is 11.9. The summed E-state index contributed by atoms with van der Waals surface area (Å²) < 4.78 is 5.83. The van der Waals surface area contributed by atoms with Crippen LogP contribution in [-0.4, -0.2) is 42.2 Å². The fourth-order valence-electron chi connectivity index (χ4n) is 1.77. The van der Waals surface area contributed by atoms with Gasteiger partial charge in [0.25, 0.3) is 11.5 Å². The van der Waals surface area contributed by atoms with E-state index in [4.69, 9.17) is 10.3 Å². The lowest BCUT2D eigenvalue weighted by Gasteiger charge is -2.28. The molecule has 0 radical (unpaired) electrons. The number of carbonyl (C=O) groups is 1. The van der Waals surface area contributed by atoms with Crippen LogP contribution in [-0.2, 0) is 0 Å². The summed E-state index contributed by atoms with van der Waals surface area (Å²) in [5.41, 5.74) is 5.14. The highest BCUT2D eigenvalue weighted by Crippen LogP contribution is 2.13. The van der Waals surface area contributed by atoms with Crippen molar-refractivity contribution in [1.29, 1.82) is 0 Å². The first-order valence-corrected chi connectivity index (χ1v) is 5.87. The Kier molecular flexibility index (Phi) is 4.48. The van der Waals surface area contributed by atoms with E-state index in [9.17, 15) is 9.59 Å². The smallest absolute Gasteiger partial charge is 0.290 e. The van der Waals surface area contributed by atoms with E-state index in [0.717, 1.165) is 4.74 Å². The molecule has 6 heteroatoms. The van der Waals surface area contributed by atoms with E-state index in [1.54, 1.807) is 6.92 Å². The molecule has 0 saturated heterocycles. The molecule has 1 aromatic rings. The maximum absolute atomic E-state index is 11.9. The lowest BCUT2D eigenvalue weighted by molar-refractivity contribution is 0.0709. The minimum atomic E-state index is -0.427. The first-order valence-electron chi connectivity index (χ1n) is 5.87. The van der Waals surface area contributed by atoms with E-state index in [2.05, 4.69) is 0 Å². The van der Waals surface area contributed by atoms with Crippen molar-refractivity contribution < 1.29 is 9.32 Å². The molecule has 1 rings (SSSR count). The summed E-state index contributed by atoms with van der Waals surface area (Å²) in [5, 5.41) is 0. The van der Waals surface area contributed by atoms with Crippen LogP contribution < -0.4 is 11.3 Å². The number of hydrogen-bond acceptors (Lipinski definition) is 5. The Morgan fingerprint density at radius 2 is 2.17 bits per heavy atom. The van der Waals surface area contributed by atoms with E-state index in [1.165, 1.54) is 6.07 Å². The van der Waals surface area contributed by atoms with Gasteiger partial charge in [0.2, 0.25) is 0 Å². The molecule has 0 aromatic carbocycles. The zero-order valence-corrected chi connectivity index (χ0v) is 11.4. The molecule has 0 spiro atoms. The molecule has 0 atom stereocenters. The Morgan fingerprint density at radius 3 is 2.61 bits per heavy atom. The van der Waals surface area contributed by atoms with E-state index in [0.29, 0.717) is 18.8 Å². The molecule has 0 fully saturated rings. The van der Waals surface area contributed by atoms with Gasteiger partial charge in [-0.2, -0.15) is 0 Å². The van der Waals surface area contributed by atoms with E-state index < -0.39 is 5.56 Å². The van der Waals surface area contributed by atoms with Gasteiger partial charge < -0.3 is 10.3 Å². The SMILES string of the molecule is Cc1cc(=O)n(C(=O)CN(C)CC(C)(C)CN)o1. The summed E-state index contributed by atoms with van der Waals surface area (Å²) in [4.78, 5) is 25.1. The Labute approximate surface area is 106 Å². The van der Waals surface area contributed by atoms with Crippen LogP contribution in [0.3, 0.4) is 0 Å². The fourth-order valence-corrected chi connectivity index (χ4v) is 1.77. The second kappa shape index (κ2) is 5.49. The highest BCUT2D eigenvalue weighted by atomic mass is 16.5. The molecule has 18 heavy (non-hydrogen) atoms. The van der Waals surface area contributed by atoms with Gasteiger partial charge in [0.1, 0.15) is 5.76 Å². The third-order valence-corrected chi connectivity index (χ3v) is 2.64. The number of rotatable bonds is 5. The first-order chi connectivity index (χ1) is 8.25. The van der Waals surface area contributed by atoms with Crippen LogP contribution in [0, 0.1) is 12.3 Å². The van der Waals surface area contributed by atoms with Crippen molar-refractivity contribution in [2.75, 3.05) is 26.7 Å². The van der Waals surface area contributed by atoms with Crippen molar-refractivity contribution in [3.05, 3.63) is 22.2 Å². The van der Waals surface area contributed by atoms with Gasteiger partial charge in [-0.05, 0) is 25.9 Å². The van der Waals surface area contributed by atoms with Crippen molar-refractivity contribution in [3.63, 3.8) is 0 Å². The number of hydrogen-bond donors (Lipinski definition) is 1.